The van der Waals surface area contributed by atoms with Gasteiger partial charge in [-0.2, -0.15) is 0 Å². The van der Waals surface area contributed by atoms with Crippen LogP contribution in [0.3, 0.4) is 0 Å². The second kappa shape index (κ2) is 15.3. The lowest BCUT2D eigenvalue weighted by Gasteiger charge is -2.35. The second-order valence-electron chi connectivity index (χ2n) is 11.0. The highest BCUT2D eigenvalue weighted by Crippen LogP contribution is 2.34. The quantitative estimate of drug-likeness (QED) is 0.275. The molecule has 3 aromatic rings. The van der Waals surface area contributed by atoms with Crippen LogP contribution in [0.5, 0.6) is 11.5 Å². The van der Waals surface area contributed by atoms with Crippen molar-refractivity contribution in [3.8, 4) is 11.5 Å². The highest BCUT2D eigenvalue weighted by molar-refractivity contribution is 7.92. The summed E-state index contributed by atoms with van der Waals surface area (Å²) in [6.45, 7) is -0.556. The normalized spacial score (nSPS) is 14.4. The Morgan fingerprint density at radius 1 is 0.955 bits per heavy atom. The molecule has 0 spiro atoms. The van der Waals surface area contributed by atoms with Crippen LogP contribution in [-0.2, 0) is 32.6 Å². The summed E-state index contributed by atoms with van der Waals surface area (Å²) in [5.41, 5.74) is 1.68. The Morgan fingerprint density at radius 3 is 2.27 bits per heavy atom. The number of nitrogens with zero attached hydrogens (tertiary/aromatic N) is 2. The molecule has 0 heterocycles. The van der Waals surface area contributed by atoms with Crippen molar-refractivity contribution in [3.05, 3.63) is 88.9 Å². The molecule has 0 aliphatic heterocycles. The predicted molar refractivity (Wildman–Crippen MR) is 173 cm³/mol. The third kappa shape index (κ3) is 8.66. The van der Waals surface area contributed by atoms with E-state index in [1.165, 1.54) is 25.2 Å². The number of hydrogen-bond donors (Lipinski definition) is 1. The molecule has 1 N–H and O–H groups in total. The van der Waals surface area contributed by atoms with Crippen LogP contribution in [0.1, 0.15) is 43.2 Å². The zero-order valence-corrected chi connectivity index (χ0v) is 26.9. The van der Waals surface area contributed by atoms with Gasteiger partial charge in [0.2, 0.25) is 21.8 Å². The van der Waals surface area contributed by atoms with E-state index in [-0.39, 0.29) is 36.4 Å². The standard InChI is InChI=1S/C33H40ClN3O6S/c1-42-27-18-19-29(31(21-27)43-2)37(44(3,40)41)23-32(38)36(22-25-14-10-11-17-28(25)34)30(20-24-12-6-4-7-13-24)33(39)35-26-15-8-5-9-16-26/h4,6-7,10-14,17-19,21,26,30H,5,8-9,15-16,20,22-23H2,1-3H3,(H,35,39)/t30-/m0/s1. The Bertz CT molecular complexity index is 1530. The van der Waals surface area contributed by atoms with Gasteiger partial charge in [0.05, 0.1) is 26.2 Å². The minimum Gasteiger partial charge on any atom is -0.497 e. The monoisotopic (exact) mass is 641 g/mol. The highest BCUT2D eigenvalue weighted by atomic mass is 35.5. The Balaban J connectivity index is 1.76. The maximum absolute atomic E-state index is 14.4. The van der Waals surface area contributed by atoms with Gasteiger partial charge >= 0.3 is 0 Å². The number of nitrogens with one attached hydrogen (secondary N) is 1. The molecule has 0 saturated heterocycles. The van der Waals surface area contributed by atoms with Crippen molar-refractivity contribution in [2.24, 2.45) is 0 Å². The number of methoxy groups -OCH3 is 2. The van der Waals surface area contributed by atoms with Crippen molar-refractivity contribution in [2.45, 2.75) is 57.2 Å². The molecule has 9 nitrogen and oxygen atoms in total. The van der Waals surface area contributed by atoms with Crippen LogP contribution in [0, 0.1) is 0 Å². The van der Waals surface area contributed by atoms with E-state index in [0.29, 0.717) is 16.3 Å². The van der Waals surface area contributed by atoms with Gasteiger partial charge < -0.3 is 19.7 Å². The Hall–Kier alpha value is -3.76. The molecular formula is C33H40ClN3O6S. The number of sulfonamides is 1. The molecule has 1 saturated carbocycles. The van der Waals surface area contributed by atoms with Crippen LogP contribution in [0.4, 0.5) is 5.69 Å². The zero-order valence-electron chi connectivity index (χ0n) is 25.4. The molecule has 4 rings (SSSR count). The first-order valence-electron chi connectivity index (χ1n) is 14.7. The third-order valence-electron chi connectivity index (χ3n) is 7.86. The average molecular weight is 642 g/mol. The van der Waals surface area contributed by atoms with Gasteiger partial charge in [0.1, 0.15) is 24.1 Å². The van der Waals surface area contributed by atoms with E-state index in [0.717, 1.165) is 48.2 Å². The fraction of sp³-hybridized carbons (Fsp3) is 0.394. The number of hydrogen-bond acceptors (Lipinski definition) is 6. The number of carbonyl (C=O) groups excluding carboxylic acids is 2. The van der Waals surface area contributed by atoms with Crippen LogP contribution < -0.4 is 19.1 Å². The van der Waals surface area contributed by atoms with E-state index in [9.17, 15) is 18.0 Å². The molecule has 236 valence electrons. The molecule has 2 amide bonds. The summed E-state index contributed by atoms with van der Waals surface area (Å²) in [6.07, 6.45) is 6.21. The van der Waals surface area contributed by atoms with Gasteiger partial charge in [0.15, 0.2) is 0 Å². The molecule has 0 bridgehead atoms. The summed E-state index contributed by atoms with van der Waals surface area (Å²) >= 11 is 6.54. The molecule has 44 heavy (non-hydrogen) atoms. The maximum atomic E-state index is 14.4. The van der Waals surface area contributed by atoms with E-state index in [1.54, 1.807) is 30.3 Å². The van der Waals surface area contributed by atoms with Crippen molar-refractivity contribution >= 4 is 39.1 Å². The largest absolute Gasteiger partial charge is 0.497 e. The highest BCUT2D eigenvalue weighted by Gasteiger charge is 2.35. The first kappa shape index (κ1) is 33.1. The van der Waals surface area contributed by atoms with Crippen molar-refractivity contribution < 1.29 is 27.5 Å². The van der Waals surface area contributed by atoms with Crippen LogP contribution >= 0.6 is 11.6 Å². The van der Waals surface area contributed by atoms with Crippen LogP contribution in [0.15, 0.2) is 72.8 Å². The SMILES string of the molecule is COc1ccc(N(CC(=O)N(Cc2ccccc2Cl)[C@@H](Cc2ccccc2)C(=O)NC2CCCCC2)S(C)(=O)=O)c(OC)c1. The van der Waals surface area contributed by atoms with Crippen LogP contribution in [0.2, 0.25) is 5.02 Å². The average Bonchev–Trinajstić information content (AvgIpc) is 3.02. The second-order valence-corrected chi connectivity index (χ2v) is 13.3. The fourth-order valence-electron chi connectivity index (χ4n) is 5.49. The summed E-state index contributed by atoms with van der Waals surface area (Å²) in [6, 6.07) is 20.3. The summed E-state index contributed by atoms with van der Waals surface area (Å²) in [4.78, 5) is 29.9. The minimum absolute atomic E-state index is 0.00540. The van der Waals surface area contributed by atoms with Crippen LogP contribution in [-0.4, -0.2) is 64.2 Å². The van der Waals surface area contributed by atoms with E-state index in [1.807, 2.05) is 36.4 Å². The Kier molecular flexibility index (Phi) is 11.5. The lowest BCUT2D eigenvalue weighted by Crippen LogP contribution is -2.55. The van der Waals surface area contributed by atoms with Crippen molar-refractivity contribution in [1.29, 1.82) is 0 Å². The first-order chi connectivity index (χ1) is 21.1. The molecule has 1 fully saturated rings. The van der Waals surface area contributed by atoms with E-state index < -0.39 is 28.5 Å². The van der Waals surface area contributed by atoms with Gasteiger partial charge in [0, 0.05) is 30.1 Å². The summed E-state index contributed by atoms with van der Waals surface area (Å²) in [5.74, 6) is -0.161. The molecule has 3 aromatic carbocycles. The lowest BCUT2D eigenvalue weighted by atomic mass is 9.94. The molecular weight excluding hydrogens is 602 g/mol. The fourth-order valence-corrected chi connectivity index (χ4v) is 6.54. The van der Waals surface area contributed by atoms with Crippen molar-refractivity contribution in [3.63, 3.8) is 0 Å². The van der Waals surface area contributed by atoms with Gasteiger partial charge in [-0.3, -0.25) is 13.9 Å². The smallest absolute Gasteiger partial charge is 0.244 e. The zero-order chi connectivity index (χ0) is 31.7. The number of anilines is 1. The van der Waals surface area contributed by atoms with Gasteiger partial charge in [-0.25, -0.2) is 8.42 Å². The summed E-state index contributed by atoms with van der Waals surface area (Å²) < 4.78 is 38.0. The number of carbonyl (C=O) groups is 2. The number of rotatable bonds is 13. The number of halogens is 1. The van der Waals surface area contributed by atoms with Gasteiger partial charge in [0.25, 0.3) is 0 Å². The van der Waals surface area contributed by atoms with Crippen molar-refractivity contribution in [1.82, 2.24) is 10.2 Å². The van der Waals surface area contributed by atoms with Crippen LogP contribution in [0.25, 0.3) is 0 Å². The van der Waals surface area contributed by atoms with E-state index in [4.69, 9.17) is 21.1 Å². The minimum atomic E-state index is -3.97. The van der Waals surface area contributed by atoms with E-state index in [2.05, 4.69) is 5.32 Å². The Labute approximate surface area is 265 Å². The summed E-state index contributed by atoms with van der Waals surface area (Å²) in [5, 5.41) is 3.63. The molecule has 1 aliphatic rings. The van der Waals surface area contributed by atoms with Gasteiger partial charge in [-0.05, 0) is 42.2 Å². The Morgan fingerprint density at radius 2 is 1.64 bits per heavy atom. The maximum Gasteiger partial charge on any atom is 0.244 e. The molecule has 0 unspecified atom stereocenters. The number of amides is 2. The van der Waals surface area contributed by atoms with E-state index >= 15 is 0 Å². The number of ether oxygens (including phenoxy) is 2. The van der Waals surface area contributed by atoms with Gasteiger partial charge in [-0.15, -0.1) is 0 Å². The molecule has 1 aliphatic carbocycles. The molecule has 1 atom stereocenters. The lowest BCUT2D eigenvalue weighted by molar-refractivity contribution is -0.140. The van der Waals surface area contributed by atoms with Gasteiger partial charge in [-0.1, -0.05) is 79.4 Å². The first-order valence-corrected chi connectivity index (χ1v) is 16.9. The predicted octanol–water partition coefficient (Wildman–Crippen LogP) is 5.21. The van der Waals surface area contributed by atoms with Crippen molar-refractivity contribution in [2.75, 3.05) is 31.3 Å². The third-order valence-corrected chi connectivity index (χ3v) is 9.35. The molecule has 11 heteroatoms. The number of benzene rings is 3. The molecule has 0 radical (unpaired) electrons. The topological polar surface area (TPSA) is 105 Å². The summed E-state index contributed by atoms with van der Waals surface area (Å²) in [7, 11) is -1.07. The molecule has 0 aromatic heterocycles.